The molecule has 32 heavy (non-hydrogen) atoms. The molecule has 0 aliphatic rings. The summed E-state index contributed by atoms with van der Waals surface area (Å²) in [5, 5.41) is 11.4. The maximum absolute atomic E-state index is 14.3. The van der Waals surface area contributed by atoms with E-state index in [1.54, 1.807) is 26.4 Å². The molecule has 2 N–H and O–H groups in total. The molecule has 4 rings (SSSR count). The molecule has 1 aromatic heterocycles. The Morgan fingerprint density at radius 3 is 2.25 bits per heavy atom. The van der Waals surface area contributed by atoms with Gasteiger partial charge in [0.25, 0.3) is 0 Å². The van der Waals surface area contributed by atoms with Crippen LogP contribution in [-0.4, -0.2) is 26.3 Å². The number of hydrogen-bond donors (Lipinski definition) is 1. The first kappa shape index (κ1) is 20.9. The van der Waals surface area contributed by atoms with Crippen molar-refractivity contribution < 1.29 is 18.6 Å². The molecule has 6 nitrogen and oxygen atoms in total. The van der Waals surface area contributed by atoms with Crippen LogP contribution < -0.4 is 19.9 Å². The minimum atomic E-state index is -0.521. The summed E-state index contributed by atoms with van der Waals surface area (Å²) in [6.45, 7) is 0. The van der Waals surface area contributed by atoms with Crippen LogP contribution in [0.15, 0.2) is 54.6 Å². The van der Waals surface area contributed by atoms with E-state index in [2.05, 4.69) is 11.1 Å². The van der Waals surface area contributed by atoms with Crippen molar-refractivity contribution in [2.24, 2.45) is 0 Å². The molecule has 0 atom stereocenters. The normalized spacial score (nSPS) is 10.6. The molecule has 0 fully saturated rings. The van der Waals surface area contributed by atoms with Gasteiger partial charge >= 0.3 is 0 Å². The van der Waals surface area contributed by atoms with Crippen LogP contribution in [0.5, 0.6) is 17.2 Å². The first-order chi connectivity index (χ1) is 15.5. The van der Waals surface area contributed by atoms with Crippen molar-refractivity contribution in [2.45, 2.75) is 0 Å². The summed E-state index contributed by atoms with van der Waals surface area (Å²) < 4.78 is 30.4. The zero-order valence-corrected chi connectivity index (χ0v) is 17.8. The van der Waals surface area contributed by atoms with Crippen molar-refractivity contribution in [3.63, 3.8) is 0 Å². The first-order valence-electron chi connectivity index (χ1n) is 9.71. The van der Waals surface area contributed by atoms with Gasteiger partial charge in [0.1, 0.15) is 28.9 Å². The van der Waals surface area contributed by atoms with Crippen LogP contribution in [0.1, 0.15) is 5.56 Å². The van der Waals surface area contributed by atoms with Crippen molar-refractivity contribution >= 4 is 16.6 Å². The number of hydrogen-bond acceptors (Lipinski definition) is 6. The number of benzene rings is 3. The zero-order valence-electron chi connectivity index (χ0n) is 17.8. The number of rotatable bonds is 5. The SMILES string of the molecule is COc1ccc(-c2cc(-c3ccc(OC)c4cccc(OC)c34)c(C#N)c(N)n2)cc1F. The standard InChI is InChI=1S/C25H20FN3O3/c1-30-21-10-8-15(24-16(21)5-4-6-23(24)32-3)17-12-20(29-25(28)18(17)13-27)14-7-9-22(31-2)19(26)11-14/h4-12H,1-3H3,(H2,28,29). The number of nitriles is 1. The van der Waals surface area contributed by atoms with Crippen molar-refractivity contribution in [1.29, 1.82) is 5.26 Å². The van der Waals surface area contributed by atoms with Crippen LogP contribution in [0.25, 0.3) is 33.2 Å². The zero-order chi connectivity index (χ0) is 22.8. The molecule has 3 aromatic carbocycles. The van der Waals surface area contributed by atoms with Gasteiger partial charge in [0.2, 0.25) is 0 Å². The second-order valence-electron chi connectivity index (χ2n) is 6.97. The predicted molar refractivity (Wildman–Crippen MR) is 121 cm³/mol. The molecule has 0 saturated heterocycles. The summed E-state index contributed by atoms with van der Waals surface area (Å²) in [6, 6.07) is 17.7. The first-order valence-corrected chi connectivity index (χ1v) is 9.71. The number of nitrogens with zero attached hydrogens (tertiary/aromatic N) is 2. The van der Waals surface area contributed by atoms with Crippen molar-refractivity contribution in [2.75, 3.05) is 27.1 Å². The van der Waals surface area contributed by atoms with E-state index >= 15 is 0 Å². The Bertz CT molecular complexity index is 1380. The highest BCUT2D eigenvalue weighted by Crippen LogP contribution is 2.42. The molecule has 0 aliphatic carbocycles. The van der Waals surface area contributed by atoms with Gasteiger partial charge in [0.15, 0.2) is 11.6 Å². The maximum atomic E-state index is 14.3. The molecular formula is C25H20FN3O3. The van der Waals surface area contributed by atoms with Gasteiger partial charge in [-0.25, -0.2) is 9.37 Å². The summed E-state index contributed by atoms with van der Waals surface area (Å²) in [7, 11) is 4.57. The van der Waals surface area contributed by atoms with Crippen LogP contribution in [0.4, 0.5) is 10.2 Å². The minimum Gasteiger partial charge on any atom is -0.496 e. The number of nitrogen functional groups attached to an aromatic ring is 1. The molecule has 7 heteroatoms. The van der Waals surface area contributed by atoms with Gasteiger partial charge < -0.3 is 19.9 Å². The molecule has 4 aromatic rings. The number of ether oxygens (including phenoxy) is 3. The van der Waals surface area contributed by atoms with Crippen molar-refractivity contribution in [1.82, 2.24) is 4.98 Å². The maximum Gasteiger partial charge on any atom is 0.165 e. The quantitative estimate of drug-likeness (QED) is 0.470. The van der Waals surface area contributed by atoms with Gasteiger partial charge in [-0.15, -0.1) is 0 Å². The summed E-state index contributed by atoms with van der Waals surface area (Å²) in [4.78, 5) is 4.35. The molecular weight excluding hydrogens is 409 g/mol. The Kier molecular flexibility index (Phi) is 5.52. The second kappa shape index (κ2) is 8.44. The summed E-state index contributed by atoms with van der Waals surface area (Å²) in [5.41, 5.74) is 8.60. The van der Waals surface area contributed by atoms with E-state index in [0.29, 0.717) is 28.3 Å². The van der Waals surface area contributed by atoms with Gasteiger partial charge in [-0.1, -0.05) is 12.1 Å². The Morgan fingerprint density at radius 1 is 0.875 bits per heavy atom. The number of fused-ring (bicyclic) bond motifs is 1. The molecule has 160 valence electrons. The van der Waals surface area contributed by atoms with E-state index in [4.69, 9.17) is 19.9 Å². The number of methoxy groups -OCH3 is 3. The third-order valence-electron chi connectivity index (χ3n) is 5.30. The van der Waals surface area contributed by atoms with E-state index in [1.807, 2.05) is 30.3 Å². The van der Waals surface area contributed by atoms with Crippen LogP contribution in [0.3, 0.4) is 0 Å². The fourth-order valence-electron chi connectivity index (χ4n) is 3.79. The Morgan fingerprint density at radius 2 is 1.59 bits per heavy atom. The van der Waals surface area contributed by atoms with E-state index in [-0.39, 0.29) is 17.1 Å². The molecule has 0 radical (unpaired) electrons. The fourth-order valence-corrected chi connectivity index (χ4v) is 3.79. The van der Waals surface area contributed by atoms with Crippen molar-refractivity contribution in [3.8, 4) is 45.7 Å². The molecule has 0 spiro atoms. The summed E-state index contributed by atoms with van der Waals surface area (Å²) in [5.74, 6) is 0.942. The lowest BCUT2D eigenvalue weighted by Gasteiger charge is -2.16. The lowest BCUT2D eigenvalue weighted by atomic mass is 9.93. The van der Waals surface area contributed by atoms with Crippen LogP contribution in [0, 0.1) is 17.1 Å². The van der Waals surface area contributed by atoms with E-state index in [9.17, 15) is 9.65 Å². The summed E-state index contributed by atoms with van der Waals surface area (Å²) in [6.07, 6.45) is 0. The topological polar surface area (TPSA) is 90.4 Å². The van der Waals surface area contributed by atoms with Crippen molar-refractivity contribution in [3.05, 3.63) is 66.0 Å². The minimum absolute atomic E-state index is 0.0510. The highest BCUT2D eigenvalue weighted by molar-refractivity contribution is 6.05. The molecule has 0 unspecified atom stereocenters. The molecule has 0 bridgehead atoms. The lowest BCUT2D eigenvalue weighted by Crippen LogP contribution is -2.01. The average molecular weight is 429 g/mol. The molecule has 0 saturated carbocycles. The van der Waals surface area contributed by atoms with Gasteiger partial charge in [0, 0.05) is 21.9 Å². The summed E-state index contributed by atoms with van der Waals surface area (Å²) >= 11 is 0. The van der Waals surface area contributed by atoms with E-state index in [1.165, 1.54) is 19.2 Å². The fraction of sp³-hybridized carbons (Fsp3) is 0.120. The third-order valence-corrected chi connectivity index (χ3v) is 5.30. The number of anilines is 1. The number of nitrogens with two attached hydrogens (primary N) is 1. The van der Waals surface area contributed by atoms with Gasteiger partial charge in [-0.3, -0.25) is 0 Å². The Labute approximate surface area is 184 Å². The molecule has 0 aliphatic heterocycles. The van der Waals surface area contributed by atoms with Crippen LogP contribution in [-0.2, 0) is 0 Å². The number of aromatic nitrogens is 1. The Balaban J connectivity index is 2.04. The van der Waals surface area contributed by atoms with Gasteiger partial charge in [-0.2, -0.15) is 5.26 Å². The smallest absolute Gasteiger partial charge is 0.165 e. The van der Waals surface area contributed by atoms with Gasteiger partial charge in [-0.05, 0) is 48.0 Å². The Hall–Kier alpha value is -4.31. The van der Waals surface area contributed by atoms with Gasteiger partial charge in [0.05, 0.1) is 27.0 Å². The lowest BCUT2D eigenvalue weighted by molar-refractivity contribution is 0.386. The average Bonchev–Trinajstić information content (AvgIpc) is 2.82. The van der Waals surface area contributed by atoms with E-state index < -0.39 is 5.82 Å². The largest absolute Gasteiger partial charge is 0.496 e. The number of pyridine rings is 1. The third kappa shape index (κ3) is 3.42. The molecule has 1 heterocycles. The monoisotopic (exact) mass is 429 g/mol. The number of halogens is 1. The van der Waals surface area contributed by atoms with Crippen LogP contribution >= 0.6 is 0 Å². The van der Waals surface area contributed by atoms with E-state index in [0.717, 1.165) is 16.3 Å². The highest BCUT2D eigenvalue weighted by Gasteiger charge is 2.19. The molecule has 0 amide bonds. The van der Waals surface area contributed by atoms with Crippen LogP contribution in [0.2, 0.25) is 0 Å². The highest BCUT2D eigenvalue weighted by atomic mass is 19.1. The second-order valence-corrected chi connectivity index (χ2v) is 6.97. The predicted octanol–water partition coefficient (Wildman–Crippen LogP) is 5.19.